The molecule has 2 atom stereocenters. The van der Waals surface area contributed by atoms with E-state index >= 15 is 0 Å². The van der Waals surface area contributed by atoms with Crippen molar-refractivity contribution < 1.29 is 4.74 Å². The maximum atomic E-state index is 5.72. The number of pyridine rings is 2. The van der Waals surface area contributed by atoms with Gasteiger partial charge >= 0.3 is 0 Å². The molecule has 150 valence electrons. The van der Waals surface area contributed by atoms with Crippen LogP contribution in [0.3, 0.4) is 0 Å². The third-order valence-electron chi connectivity index (χ3n) is 6.24. The minimum absolute atomic E-state index is 0.440. The van der Waals surface area contributed by atoms with Gasteiger partial charge in [0.2, 0.25) is 0 Å². The molecule has 2 saturated heterocycles. The van der Waals surface area contributed by atoms with Gasteiger partial charge in [-0.15, -0.1) is 0 Å². The second-order valence-electron chi connectivity index (χ2n) is 8.21. The van der Waals surface area contributed by atoms with E-state index in [4.69, 9.17) is 14.7 Å². The van der Waals surface area contributed by atoms with Crippen LogP contribution in [0.2, 0.25) is 0 Å². The van der Waals surface area contributed by atoms with Crippen molar-refractivity contribution in [1.82, 2.24) is 24.4 Å². The number of rotatable bonds is 4. The molecule has 0 amide bonds. The van der Waals surface area contributed by atoms with Crippen LogP contribution in [0, 0.1) is 6.92 Å². The van der Waals surface area contributed by atoms with Crippen molar-refractivity contribution in [1.29, 1.82) is 0 Å². The largest absolute Gasteiger partial charge is 0.375 e. The van der Waals surface area contributed by atoms with Crippen molar-refractivity contribution in [2.24, 2.45) is 0 Å². The van der Waals surface area contributed by atoms with Gasteiger partial charge in [-0.2, -0.15) is 0 Å². The molecule has 0 unspecified atom stereocenters. The molecular formula is C24H23N5O. The lowest BCUT2D eigenvalue weighted by Crippen LogP contribution is -2.36. The zero-order chi connectivity index (χ0) is 20.1. The van der Waals surface area contributed by atoms with Gasteiger partial charge in [0, 0.05) is 42.8 Å². The molecule has 2 aliphatic heterocycles. The number of aryl methyl sites for hydroxylation is 1. The number of benzene rings is 1. The van der Waals surface area contributed by atoms with Crippen LogP contribution in [0.25, 0.3) is 28.1 Å². The molecule has 6 rings (SSSR count). The number of likely N-dealkylation sites (tertiary alicyclic amines) is 1. The van der Waals surface area contributed by atoms with Crippen LogP contribution in [-0.4, -0.2) is 49.7 Å². The zero-order valence-electron chi connectivity index (χ0n) is 16.9. The predicted molar refractivity (Wildman–Crippen MR) is 115 cm³/mol. The molecule has 0 N–H and O–H groups in total. The molecule has 0 radical (unpaired) electrons. The van der Waals surface area contributed by atoms with Gasteiger partial charge in [0.15, 0.2) is 5.65 Å². The summed E-state index contributed by atoms with van der Waals surface area (Å²) in [5.41, 5.74) is 6.18. The monoisotopic (exact) mass is 397 g/mol. The maximum absolute atomic E-state index is 5.72. The summed E-state index contributed by atoms with van der Waals surface area (Å²) in [6, 6.07) is 17.4. The predicted octanol–water partition coefficient (Wildman–Crippen LogP) is 3.76. The highest BCUT2D eigenvalue weighted by molar-refractivity contribution is 5.78. The lowest BCUT2D eigenvalue weighted by atomic mass is 10.1. The number of hydrogen-bond donors (Lipinski definition) is 0. The Kier molecular flexibility index (Phi) is 4.14. The Morgan fingerprint density at radius 2 is 1.83 bits per heavy atom. The van der Waals surface area contributed by atoms with Crippen LogP contribution in [0.4, 0.5) is 0 Å². The molecule has 2 fully saturated rings. The molecule has 3 aromatic heterocycles. The molecule has 0 aliphatic carbocycles. The maximum Gasteiger partial charge on any atom is 0.165 e. The summed E-state index contributed by atoms with van der Waals surface area (Å²) in [4.78, 5) is 16.3. The molecule has 30 heavy (non-hydrogen) atoms. The van der Waals surface area contributed by atoms with Gasteiger partial charge in [0.25, 0.3) is 0 Å². The standard InChI is InChI=1S/C24H23N5O/c1-16-26-23-7-6-22(18-8-10-25-11-9-18)27-24(23)29(16)19-4-2-17(3-5-19)13-28-14-21-12-20(28)15-30-21/h2-11,20-21H,12-15H2,1H3/t20-,21+/m1/s1. The molecule has 6 nitrogen and oxygen atoms in total. The van der Waals surface area contributed by atoms with Gasteiger partial charge in [-0.1, -0.05) is 12.1 Å². The first-order chi connectivity index (χ1) is 14.7. The average Bonchev–Trinajstić information content (AvgIpc) is 3.48. The number of imidazole rings is 1. The molecule has 6 heteroatoms. The van der Waals surface area contributed by atoms with Crippen molar-refractivity contribution in [2.75, 3.05) is 13.2 Å². The summed E-state index contributed by atoms with van der Waals surface area (Å²) in [7, 11) is 0. The number of fused-ring (bicyclic) bond motifs is 3. The lowest BCUT2D eigenvalue weighted by Gasteiger charge is -2.26. The van der Waals surface area contributed by atoms with Gasteiger partial charge in [-0.25, -0.2) is 9.97 Å². The smallest absolute Gasteiger partial charge is 0.165 e. The Bertz CT molecular complexity index is 1200. The average molecular weight is 397 g/mol. The first kappa shape index (κ1) is 17.7. The van der Waals surface area contributed by atoms with Gasteiger partial charge in [0.1, 0.15) is 11.3 Å². The van der Waals surface area contributed by atoms with Gasteiger partial charge in [-0.3, -0.25) is 14.5 Å². The number of hydrogen-bond acceptors (Lipinski definition) is 5. The molecule has 1 aromatic carbocycles. The number of ether oxygens (including phenoxy) is 1. The second-order valence-corrected chi connectivity index (χ2v) is 8.21. The van der Waals surface area contributed by atoms with Crippen LogP contribution in [0.15, 0.2) is 60.9 Å². The Morgan fingerprint density at radius 3 is 2.57 bits per heavy atom. The van der Waals surface area contributed by atoms with Crippen molar-refractivity contribution in [3.63, 3.8) is 0 Å². The number of aromatic nitrogens is 4. The Labute approximate surface area is 175 Å². The first-order valence-corrected chi connectivity index (χ1v) is 10.5. The fourth-order valence-electron chi connectivity index (χ4n) is 4.72. The van der Waals surface area contributed by atoms with E-state index in [1.807, 2.05) is 31.2 Å². The third-order valence-corrected chi connectivity index (χ3v) is 6.24. The minimum Gasteiger partial charge on any atom is -0.375 e. The highest BCUT2D eigenvalue weighted by atomic mass is 16.5. The van der Waals surface area contributed by atoms with E-state index in [0.29, 0.717) is 12.1 Å². The van der Waals surface area contributed by atoms with Crippen molar-refractivity contribution >= 4 is 11.2 Å². The van der Waals surface area contributed by atoms with Crippen LogP contribution >= 0.6 is 0 Å². The summed E-state index contributed by atoms with van der Waals surface area (Å²) in [5, 5.41) is 0. The summed E-state index contributed by atoms with van der Waals surface area (Å²) in [6.45, 7) is 4.95. The zero-order valence-corrected chi connectivity index (χ0v) is 16.9. The molecular weight excluding hydrogens is 374 g/mol. The van der Waals surface area contributed by atoms with Crippen molar-refractivity contribution in [3.05, 3.63) is 72.3 Å². The number of morpholine rings is 1. The Balaban J connectivity index is 1.32. The van der Waals surface area contributed by atoms with E-state index < -0.39 is 0 Å². The Hall–Kier alpha value is -3.09. The molecule has 0 spiro atoms. The first-order valence-electron chi connectivity index (χ1n) is 10.5. The normalized spacial score (nSPS) is 21.0. The van der Waals surface area contributed by atoms with Crippen LogP contribution < -0.4 is 0 Å². The van der Waals surface area contributed by atoms with Crippen molar-refractivity contribution in [3.8, 4) is 16.9 Å². The summed E-state index contributed by atoms with van der Waals surface area (Å²) in [5.74, 6) is 0.936. The summed E-state index contributed by atoms with van der Waals surface area (Å²) in [6.07, 6.45) is 5.21. The van der Waals surface area contributed by atoms with Crippen molar-refractivity contribution in [2.45, 2.75) is 32.0 Å². The number of nitrogens with zero attached hydrogens (tertiary/aromatic N) is 5. The Morgan fingerprint density at radius 1 is 1.00 bits per heavy atom. The molecule has 5 heterocycles. The molecule has 2 aliphatic rings. The quantitative estimate of drug-likeness (QED) is 0.525. The summed E-state index contributed by atoms with van der Waals surface area (Å²) >= 11 is 0. The highest BCUT2D eigenvalue weighted by Crippen LogP contribution is 2.29. The molecule has 4 aromatic rings. The van der Waals surface area contributed by atoms with Gasteiger partial charge in [-0.05, 0) is 55.3 Å². The highest BCUT2D eigenvalue weighted by Gasteiger charge is 2.38. The lowest BCUT2D eigenvalue weighted by molar-refractivity contribution is 0.0273. The van der Waals surface area contributed by atoms with E-state index in [1.54, 1.807) is 12.4 Å². The second kappa shape index (κ2) is 7.00. The molecule has 2 bridgehead atoms. The van der Waals surface area contributed by atoms with Crippen LogP contribution in [0.5, 0.6) is 0 Å². The summed E-state index contributed by atoms with van der Waals surface area (Å²) < 4.78 is 7.86. The van der Waals surface area contributed by atoms with Crippen LogP contribution in [-0.2, 0) is 11.3 Å². The van der Waals surface area contributed by atoms with E-state index in [9.17, 15) is 0 Å². The van der Waals surface area contributed by atoms with E-state index in [2.05, 4.69) is 38.7 Å². The fourth-order valence-corrected chi connectivity index (χ4v) is 4.72. The topological polar surface area (TPSA) is 56.1 Å². The third kappa shape index (κ3) is 3.00. The van der Waals surface area contributed by atoms with Gasteiger partial charge < -0.3 is 4.74 Å². The SMILES string of the molecule is Cc1nc2ccc(-c3ccncc3)nc2n1-c1ccc(CN2C[C@@H]3C[C@@H]2CO3)cc1. The van der Waals surface area contributed by atoms with Crippen LogP contribution in [0.1, 0.15) is 17.8 Å². The van der Waals surface area contributed by atoms with E-state index in [1.165, 1.54) is 12.0 Å². The van der Waals surface area contributed by atoms with Gasteiger partial charge in [0.05, 0.1) is 18.4 Å². The van der Waals surface area contributed by atoms with E-state index in [-0.39, 0.29) is 0 Å². The van der Waals surface area contributed by atoms with E-state index in [0.717, 1.165) is 53.6 Å². The fraction of sp³-hybridized carbons (Fsp3) is 0.292. The molecule has 0 saturated carbocycles. The minimum atomic E-state index is 0.440.